The molecule has 0 saturated carbocycles. The number of Topliss-reactive ketones (excluding diaryl/α,β-unsaturated/α-hetero) is 1. The van der Waals surface area contributed by atoms with Crippen LogP contribution in [-0.4, -0.2) is 65.1 Å². The maximum Gasteiger partial charge on any atom is 0.280 e. The lowest BCUT2D eigenvalue weighted by atomic mass is 10.1. The third-order valence-electron chi connectivity index (χ3n) is 6.34. The molecule has 36 heavy (non-hydrogen) atoms. The van der Waals surface area contributed by atoms with E-state index in [1.165, 1.54) is 12.3 Å². The maximum absolute atomic E-state index is 13.9. The monoisotopic (exact) mass is 511 g/mol. The molecule has 1 aliphatic heterocycles. The molecule has 0 bridgehead atoms. The SMILES string of the molecule is COc1ccc(-c2cc(C(F)F)n3ncc(C(=O)CN4CCN(c5ccc(Cl)cc5)CC4)c3n2)cc1. The van der Waals surface area contributed by atoms with Gasteiger partial charge < -0.3 is 9.64 Å². The maximum atomic E-state index is 13.9. The quantitative estimate of drug-likeness (QED) is 0.325. The summed E-state index contributed by atoms with van der Waals surface area (Å²) < 4.78 is 34.0. The van der Waals surface area contributed by atoms with Crippen LogP contribution in [0.4, 0.5) is 14.5 Å². The van der Waals surface area contributed by atoms with E-state index in [-0.39, 0.29) is 29.2 Å². The normalized spacial score (nSPS) is 14.5. The first-order chi connectivity index (χ1) is 17.4. The molecule has 0 radical (unpaired) electrons. The van der Waals surface area contributed by atoms with Gasteiger partial charge in [0.15, 0.2) is 11.4 Å². The van der Waals surface area contributed by atoms with Crippen LogP contribution in [0, 0.1) is 0 Å². The van der Waals surface area contributed by atoms with Crippen molar-refractivity contribution in [2.24, 2.45) is 0 Å². The number of carbonyl (C=O) groups is 1. The van der Waals surface area contributed by atoms with Crippen molar-refractivity contribution in [3.05, 3.63) is 77.1 Å². The molecule has 2 aromatic heterocycles. The largest absolute Gasteiger partial charge is 0.497 e. The first-order valence-corrected chi connectivity index (χ1v) is 11.9. The average molecular weight is 512 g/mol. The van der Waals surface area contributed by atoms with E-state index in [2.05, 4.69) is 19.9 Å². The number of hydrogen-bond acceptors (Lipinski definition) is 6. The van der Waals surface area contributed by atoms with Gasteiger partial charge in [0, 0.05) is 42.5 Å². The van der Waals surface area contributed by atoms with Gasteiger partial charge in [-0.1, -0.05) is 11.6 Å². The summed E-state index contributed by atoms with van der Waals surface area (Å²) in [7, 11) is 1.55. The van der Waals surface area contributed by atoms with Gasteiger partial charge in [-0.05, 0) is 54.6 Å². The molecule has 0 aliphatic carbocycles. The fourth-order valence-electron chi connectivity index (χ4n) is 4.35. The molecule has 3 heterocycles. The number of benzene rings is 2. The van der Waals surface area contributed by atoms with E-state index >= 15 is 0 Å². The molecule has 1 aliphatic rings. The van der Waals surface area contributed by atoms with Crippen molar-refractivity contribution in [3.8, 4) is 17.0 Å². The lowest BCUT2D eigenvalue weighted by Crippen LogP contribution is -2.48. The van der Waals surface area contributed by atoms with Gasteiger partial charge in [0.1, 0.15) is 11.4 Å². The van der Waals surface area contributed by atoms with Crippen LogP contribution in [0.5, 0.6) is 5.75 Å². The Morgan fingerprint density at radius 3 is 2.39 bits per heavy atom. The Morgan fingerprint density at radius 2 is 1.75 bits per heavy atom. The number of ketones is 1. The van der Waals surface area contributed by atoms with Gasteiger partial charge in [-0.2, -0.15) is 5.10 Å². The summed E-state index contributed by atoms with van der Waals surface area (Å²) in [6.07, 6.45) is -1.45. The number of alkyl halides is 2. The molecule has 1 fully saturated rings. The highest BCUT2D eigenvalue weighted by Crippen LogP contribution is 2.28. The number of fused-ring (bicyclic) bond motifs is 1. The van der Waals surface area contributed by atoms with E-state index in [1.807, 2.05) is 24.3 Å². The Bertz CT molecular complexity index is 1370. The van der Waals surface area contributed by atoms with E-state index in [1.54, 1.807) is 31.4 Å². The summed E-state index contributed by atoms with van der Waals surface area (Å²) in [4.78, 5) is 22.1. The molecule has 1 saturated heterocycles. The number of methoxy groups -OCH3 is 1. The van der Waals surface area contributed by atoms with Crippen molar-refractivity contribution >= 4 is 28.7 Å². The Labute approximate surface area is 211 Å². The molecule has 2 aromatic carbocycles. The van der Waals surface area contributed by atoms with E-state index < -0.39 is 6.43 Å². The van der Waals surface area contributed by atoms with Gasteiger partial charge in [0.2, 0.25) is 0 Å². The summed E-state index contributed by atoms with van der Waals surface area (Å²) in [6, 6.07) is 15.9. The molecular formula is C26H24ClF2N5O2. The highest BCUT2D eigenvalue weighted by Gasteiger charge is 2.24. The van der Waals surface area contributed by atoms with Gasteiger partial charge in [0.25, 0.3) is 6.43 Å². The standard InChI is InChI=1S/C26H24ClF2N5O2/c1-36-20-8-2-17(3-9-20)22-14-23(25(28)29)34-26(31-22)21(15-30-34)24(35)16-32-10-12-33(13-11-32)19-6-4-18(27)5-7-19/h2-9,14-15,25H,10-13,16H2,1H3. The summed E-state index contributed by atoms with van der Waals surface area (Å²) >= 11 is 5.98. The first-order valence-electron chi connectivity index (χ1n) is 11.5. The predicted molar refractivity (Wildman–Crippen MR) is 134 cm³/mol. The van der Waals surface area contributed by atoms with Crippen LogP contribution in [0.1, 0.15) is 22.5 Å². The molecule has 10 heteroatoms. The molecule has 0 spiro atoms. The van der Waals surface area contributed by atoms with Crippen LogP contribution in [0.3, 0.4) is 0 Å². The Balaban J connectivity index is 1.36. The fourth-order valence-corrected chi connectivity index (χ4v) is 4.48. The second-order valence-corrected chi connectivity index (χ2v) is 8.99. The van der Waals surface area contributed by atoms with E-state index in [0.717, 1.165) is 23.3 Å². The zero-order chi connectivity index (χ0) is 25.2. The van der Waals surface area contributed by atoms with Crippen LogP contribution >= 0.6 is 11.6 Å². The van der Waals surface area contributed by atoms with Crippen molar-refractivity contribution in [1.82, 2.24) is 19.5 Å². The lowest BCUT2D eigenvalue weighted by molar-refractivity contribution is 0.0927. The number of nitrogens with zero attached hydrogens (tertiary/aromatic N) is 5. The number of piperazine rings is 1. The average Bonchev–Trinajstić information content (AvgIpc) is 3.33. The number of hydrogen-bond donors (Lipinski definition) is 0. The predicted octanol–water partition coefficient (Wildman–Crippen LogP) is 5.00. The minimum absolute atomic E-state index is 0.128. The van der Waals surface area contributed by atoms with Crippen molar-refractivity contribution in [2.45, 2.75) is 6.43 Å². The molecule has 186 valence electrons. The number of ether oxygens (including phenoxy) is 1. The number of anilines is 1. The van der Waals surface area contributed by atoms with E-state index in [4.69, 9.17) is 16.3 Å². The van der Waals surface area contributed by atoms with E-state index in [9.17, 15) is 13.6 Å². The number of carbonyl (C=O) groups excluding carboxylic acids is 1. The van der Waals surface area contributed by atoms with Gasteiger partial charge in [0.05, 0.1) is 31.1 Å². The summed E-state index contributed by atoms with van der Waals surface area (Å²) in [5.74, 6) is 0.440. The Kier molecular flexibility index (Phi) is 6.84. The number of aromatic nitrogens is 3. The highest BCUT2D eigenvalue weighted by molar-refractivity contribution is 6.30. The van der Waals surface area contributed by atoms with Crippen molar-refractivity contribution in [1.29, 1.82) is 0 Å². The molecule has 4 aromatic rings. The van der Waals surface area contributed by atoms with Gasteiger partial charge in [-0.25, -0.2) is 18.3 Å². The second-order valence-electron chi connectivity index (χ2n) is 8.55. The van der Waals surface area contributed by atoms with Crippen LogP contribution in [-0.2, 0) is 0 Å². The molecule has 5 rings (SSSR count). The van der Waals surface area contributed by atoms with Crippen LogP contribution in [0.25, 0.3) is 16.9 Å². The number of halogens is 3. The third kappa shape index (κ3) is 4.89. The Hall–Kier alpha value is -3.56. The number of rotatable bonds is 7. The Morgan fingerprint density at radius 1 is 1.06 bits per heavy atom. The first kappa shape index (κ1) is 24.1. The van der Waals surface area contributed by atoms with Crippen LogP contribution in [0.2, 0.25) is 5.02 Å². The smallest absolute Gasteiger partial charge is 0.280 e. The molecule has 0 atom stereocenters. The van der Waals surface area contributed by atoms with Gasteiger partial charge in [-0.15, -0.1) is 0 Å². The van der Waals surface area contributed by atoms with Gasteiger partial charge >= 0.3 is 0 Å². The van der Waals surface area contributed by atoms with E-state index in [0.29, 0.717) is 35.1 Å². The van der Waals surface area contributed by atoms with Gasteiger partial charge in [-0.3, -0.25) is 9.69 Å². The third-order valence-corrected chi connectivity index (χ3v) is 6.59. The topological polar surface area (TPSA) is 63.0 Å². The van der Waals surface area contributed by atoms with Crippen molar-refractivity contribution in [2.75, 3.05) is 44.7 Å². The summed E-state index contributed by atoms with van der Waals surface area (Å²) in [5, 5.41) is 4.76. The zero-order valence-electron chi connectivity index (χ0n) is 19.6. The van der Waals surface area contributed by atoms with Crippen molar-refractivity contribution in [3.63, 3.8) is 0 Å². The van der Waals surface area contributed by atoms with Crippen LogP contribution < -0.4 is 9.64 Å². The molecule has 7 nitrogen and oxygen atoms in total. The fraction of sp³-hybridized carbons (Fsp3) is 0.269. The molecule has 0 unspecified atom stereocenters. The second kappa shape index (κ2) is 10.2. The highest BCUT2D eigenvalue weighted by atomic mass is 35.5. The lowest BCUT2D eigenvalue weighted by Gasteiger charge is -2.35. The zero-order valence-corrected chi connectivity index (χ0v) is 20.3. The van der Waals surface area contributed by atoms with Crippen LogP contribution in [0.15, 0.2) is 60.8 Å². The molecule has 0 N–H and O–H groups in total. The minimum atomic E-state index is -2.78. The minimum Gasteiger partial charge on any atom is -0.497 e. The summed E-state index contributed by atoms with van der Waals surface area (Å²) in [6.45, 7) is 3.08. The summed E-state index contributed by atoms with van der Waals surface area (Å²) in [5.41, 5.74) is 2.10. The molecule has 0 amide bonds. The molecular weight excluding hydrogens is 488 g/mol. The van der Waals surface area contributed by atoms with Crippen molar-refractivity contribution < 1.29 is 18.3 Å².